The van der Waals surface area contributed by atoms with Gasteiger partial charge in [0.1, 0.15) is 0 Å². The quantitative estimate of drug-likeness (QED) is 0.459. The fourth-order valence-corrected chi connectivity index (χ4v) is 2.54. The zero-order valence-electron chi connectivity index (χ0n) is 10.3. The Kier molecular flexibility index (Phi) is 4.91. The first-order valence-electron chi connectivity index (χ1n) is 5.40. The standard InChI is InChI=1S/C12H10Cl2F6/c1-5-4-8(13)6(2)3-7(5)9(14)10(11(15,16)17)12(18,19)20/h3-4,9-10H,1-2H3. The predicted molar refractivity (Wildman–Crippen MR) is 65.1 cm³/mol. The van der Waals surface area contributed by atoms with E-state index in [1.165, 1.54) is 19.9 Å². The molecule has 0 saturated carbocycles. The summed E-state index contributed by atoms with van der Waals surface area (Å²) in [4.78, 5) is 0. The average Bonchev–Trinajstić information content (AvgIpc) is 2.18. The lowest BCUT2D eigenvalue weighted by Crippen LogP contribution is -2.39. The van der Waals surface area contributed by atoms with E-state index in [2.05, 4.69) is 0 Å². The van der Waals surface area contributed by atoms with Crippen molar-refractivity contribution in [2.24, 2.45) is 5.92 Å². The van der Waals surface area contributed by atoms with Gasteiger partial charge in [0.15, 0.2) is 5.92 Å². The number of aryl methyl sites for hydroxylation is 2. The van der Waals surface area contributed by atoms with Gasteiger partial charge >= 0.3 is 12.4 Å². The van der Waals surface area contributed by atoms with Crippen LogP contribution in [0.5, 0.6) is 0 Å². The van der Waals surface area contributed by atoms with Crippen LogP contribution >= 0.6 is 23.2 Å². The Morgan fingerprint density at radius 1 is 0.900 bits per heavy atom. The number of halogens is 8. The molecule has 1 rings (SSSR count). The highest BCUT2D eigenvalue weighted by Gasteiger charge is 2.60. The Morgan fingerprint density at radius 2 is 1.35 bits per heavy atom. The van der Waals surface area contributed by atoms with Gasteiger partial charge in [-0.2, -0.15) is 26.3 Å². The van der Waals surface area contributed by atoms with E-state index in [1.54, 1.807) is 0 Å². The van der Waals surface area contributed by atoms with Crippen LogP contribution in [0.3, 0.4) is 0 Å². The van der Waals surface area contributed by atoms with Crippen molar-refractivity contribution in [2.75, 3.05) is 0 Å². The molecule has 0 saturated heterocycles. The highest BCUT2D eigenvalue weighted by atomic mass is 35.5. The topological polar surface area (TPSA) is 0 Å². The largest absolute Gasteiger partial charge is 0.402 e. The first-order chi connectivity index (χ1) is 8.85. The molecule has 114 valence electrons. The van der Waals surface area contributed by atoms with Gasteiger partial charge in [0.2, 0.25) is 0 Å². The van der Waals surface area contributed by atoms with E-state index >= 15 is 0 Å². The lowest BCUT2D eigenvalue weighted by atomic mass is 9.93. The van der Waals surface area contributed by atoms with Crippen molar-refractivity contribution in [1.82, 2.24) is 0 Å². The third-order valence-electron chi connectivity index (χ3n) is 2.84. The molecule has 0 spiro atoms. The second kappa shape index (κ2) is 5.64. The van der Waals surface area contributed by atoms with Gasteiger partial charge in [-0.15, -0.1) is 11.6 Å². The van der Waals surface area contributed by atoms with Gasteiger partial charge in [0.25, 0.3) is 0 Å². The second-order valence-electron chi connectivity index (χ2n) is 4.42. The lowest BCUT2D eigenvalue weighted by molar-refractivity contribution is -0.284. The minimum Gasteiger partial charge on any atom is -0.170 e. The zero-order chi connectivity index (χ0) is 15.9. The average molecular weight is 339 g/mol. The highest BCUT2D eigenvalue weighted by molar-refractivity contribution is 6.31. The summed E-state index contributed by atoms with van der Waals surface area (Å²) in [5.74, 6) is -3.63. The molecule has 0 amide bonds. The van der Waals surface area contributed by atoms with E-state index < -0.39 is 23.6 Å². The van der Waals surface area contributed by atoms with E-state index in [-0.39, 0.29) is 16.1 Å². The Morgan fingerprint density at radius 3 is 1.75 bits per heavy atom. The van der Waals surface area contributed by atoms with Gasteiger partial charge in [0, 0.05) is 5.02 Å². The molecule has 0 N–H and O–H groups in total. The predicted octanol–water partition coefficient (Wildman–Crippen LogP) is 5.98. The molecule has 20 heavy (non-hydrogen) atoms. The Hall–Kier alpha value is -0.620. The summed E-state index contributed by atoms with van der Waals surface area (Å²) < 4.78 is 75.8. The minimum absolute atomic E-state index is 0.180. The molecule has 0 aliphatic carbocycles. The third kappa shape index (κ3) is 3.73. The zero-order valence-corrected chi connectivity index (χ0v) is 11.8. The van der Waals surface area contributed by atoms with E-state index in [9.17, 15) is 26.3 Å². The molecular weight excluding hydrogens is 329 g/mol. The maximum absolute atomic E-state index is 12.6. The van der Waals surface area contributed by atoms with Crippen LogP contribution in [0.25, 0.3) is 0 Å². The second-order valence-corrected chi connectivity index (χ2v) is 5.30. The Bertz CT molecular complexity index is 478. The molecule has 0 aliphatic rings. The van der Waals surface area contributed by atoms with E-state index in [0.29, 0.717) is 5.56 Å². The van der Waals surface area contributed by atoms with Crippen molar-refractivity contribution in [3.63, 3.8) is 0 Å². The molecule has 0 radical (unpaired) electrons. The van der Waals surface area contributed by atoms with Gasteiger partial charge in [0.05, 0.1) is 5.38 Å². The number of hydrogen-bond donors (Lipinski definition) is 0. The molecular formula is C12H10Cl2F6. The number of benzene rings is 1. The Labute approximate surface area is 121 Å². The van der Waals surface area contributed by atoms with Crippen molar-refractivity contribution >= 4 is 23.2 Å². The number of hydrogen-bond acceptors (Lipinski definition) is 0. The van der Waals surface area contributed by atoms with Crippen LogP contribution in [-0.4, -0.2) is 12.4 Å². The maximum Gasteiger partial charge on any atom is 0.402 e. The van der Waals surface area contributed by atoms with Gasteiger partial charge in [-0.25, -0.2) is 0 Å². The van der Waals surface area contributed by atoms with Crippen LogP contribution in [0, 0.1) is 19.8 Å². The van der Waals surface area contributed by atoms with E-state index in [1.807, 2.05) is 0 Å². The molecule has 1 atom stereocenters. The van der Waals surface area contributed by atoms with Crippen molar-refractivity contribution in [1.29, 1.82) is 0 Å². The molecule has 8 heteroatoms. The molecule has 1 aromatic rings. The van der Waals surface area contributed by atoms with Gasteiger partial charge in [-0.1, -0.05) is 17.7 Å². The molecule has 0 aliphatic heterocycles. The molecule has 0 heterocycles. The molecule has 0 nitrogen and oxygen atoms in total. The highest BCUT2D eigenvalue weighted by Crippen LogP contribution is 2.50. The summed E-state index contributed by atoms with van der Waals surface area (Å²) >= 11 is 11.3. The molecule has 0 fully saturated rings. The van der Waals surface area contributed by atoms with Crippen LogP contribution in [-0.2, 0) is 0 Å². The van der Waals surface area contributed by atoms with Gasteiger partial charge in [-0.05, 0) is 36.6 Å². The summed E-state index contributed by atoms with van der Waals surface area (Å²) in [6.45, 7) is 2.84. The number of rotatable bonds is 2. The molecule has 0 aromatic heterocycles. The monoisotopic (exact) mass is 338 g/mol. The fraction of sp³-hybridized carbons (Fsp3) is 0.500. The summed E-state index contributed by atoms with van der Waals surface area (Å²) in [6, 6.07) is 2.45. The van der Waals surface area contributed by atoms with Crippen molar-refractivity contribution in [3.8, 4) is 0 Å². The molecule has 1 unspecified atom stereocenters. The smallest absolute Gasteiger partial charge is 0.170 e. The first-order valence-corrected chi connectivity index (χ1v) is 6.21. The molecule has 0 bridgehead atoms. The normalized spacial score (nSPS) is 14.8. The fourth-order valence-electron chi connectivity index (χ4n) is 1.80. The maximum atomic E-state index is 12.6. The first kappa shape index (κ1) is 17.4. The summed E-state index contributed by atoms with van der Waals surface area (Å²) in [7, 11) is 0. The van der Waals surface area contributed by atoms with Crippen molar-refractivity contribution in [2.45, 2.75) is 31.6 Å². The van der Waals surface area contributed by atoms with Crippen molar-refractivity contribution < 1.29 is 26.3 Å². The van der Waals surface area contributed by atoms with Crippen LogP contribution in [0.15, 0.2) is 12.1 Å². The van der Waals surface area contributed by atoms with Gasteiger partial charge < -0.3 is 0 Å². The van der Waals surface area contributed by atoms with Gasteiger partial charge in [-0.3, -0.25) is 0 Å². The third-order valence-corrected chi connectivity index (χ3v) is 3.74. The SMILES string of the molecule is Cc1cc(C(Cl)C(C(F)(F)F)C(F)(F)F)c(C)cc1Cl. The lowest BCUT2D eigenvalue weighted by Gasteiger charge is -2.28. The van der Waals surface area contributed by atoms with Crippen LogP contribution in [0.4, 0.5) is 26.3 Å². The van der Waals surface area contributed by atoms with E-state index in [0.717, 1.165) is 6.07 Å². The van der Waals surface area contributed by atoms with Crippen LogP contribution < -0.4 is 0 Å². The van der Waals surface area contributed by atoms with E-state index in [4.69, 9.17) is 23.2 Å². The number of alkyl halides is 7. The minimum atomic E-state index is -5.48. The van der Waals surface area contributed by atoms with Crippen LogP contribution in [0.2, 0.25) is 5.02 Å². The van der Waals surface area contributed by atoms with Crippen molar-refractivity contribution in [3.05, 3.63) is 33.8 Å². The summed E-state index contributed by atoms with van der Waals surface area (Å²) in [6.07, 6.45) is -11.0. The summed E-state index contributed by atoms with van der Waals surface area (Å²) in [5, 5.41) is -2.00. The molecule has 1 aromatic carbocycles. The summed E-state index contributed by atoms with van der Waals surface area (Å²) in [5.41, 5.74) is 0.313. The Balaban J connectivity index is 3.34. The van der Waals surface area contributed by atoms with Crippen LogP contribution in [0.1, 0.15) is 22.1 Å².